The first-order valence-electron chi connectivity index (χ1n) is 12.6. The number of carboxylic acid groups (broad SMARTS) is 2. The first-order valence-corrected chi connectivity index (χ1v) is 13.6. The standard InChI is InChI=1S/C23H25FN4O2S.2C2HF3O2/c1-28(2)7-8-31-22-11-15(18-12-25-26-13-18)3-5-20(22)27-23(29)17-9-16-10-19(24)4-6-21(16)30-14-17;2*3-2(4,5)1(6)7/h3-6,10-13,17H,7-9,14H2,1-2H3,(H,25,26)(H,27,29);2*(H,6,7). The van der Waals surface area contributed by atoms with Gasteiger partial charge >= 0.3 is 24.3 Å². The summed E-state index contributed by atoms with van der Waals surface area (Å²) >= 11 is 1.70. The maximum Gasteiger partial charge on any atom is 0.490 e. The van der Waals surface area contributed by atoms with Gasteiger partial charge in [-0.3, -0.25) is 9.89 Å². The van der Waals surface area contributed by atoms with Crippen LogP contribution in [0.2, 0.25) is 0 Å². The van der Waals surface area contributed by atoms with Crippen LogP contribution in [-0.2, 0) is 20.8 Å². The molecule has 1 amide bonds. The van der Waals surface area contributed by atoms with Crippen LogP contribution in [0.4, 0.5) is 36.4 Å². The number of rotatable bonds is 7. The molecule has 1 aliphatic rings. The number of ether oxygens (including phenoxy) is 1. The number of hydrogen-bond donors (Lipinski definition) is 4. The molecule has 0 saturated heterocycles. The van der Waals surface area contributed by atoms with Crippen LogP contribution in [0.25, 0.3) is 11.1 Å². The maximum absolute atomic E-state index is 13.6. The summed E-state index contributed by atoms with van der Waals surface area (Å²) in [5.74, 6) is -4.79. The van der Waals surface area contributed by atoms with Crippen molar-refractivity contribution >= 4 is 35.3 Å². The lowest BCUT2D eigenvalue weighted by molar-refractivity contribution is -0.193. The number of hydrogen-bond acceptors (Lipinski definition) is 7. The minimum absolute atomic E-state index is 0.125. The molecular weight excluding hydrogens is 641 g/mol. The lowest BCUT2D eigenvalue weighted by Gasteiger charge is -2.25. The van der Waals surface area contributed by atoms with Gasteiger partial charge in [0, 0.05) is 29.0 Å². The van der Waals surface area contributed by atoms with E-state index in [4.69, 9.17) is 24.5 Å². The highest BCUT2D eigenvalue weighted by molar-refractivity contribution is 7.99. The van der Waals surface area contributed by atoms with E-state index in [0.29, 0.717) is 12.2 Å². The number of amides is 1. The summed E-state index contributed by atoms with van der Waals surface area (Å²) in [4.78, 5) is 33.9. The van der Waals surface area contributed by atoms with Crippen molar-refractivity contribution in [1.29, 1.82) is 0 Å². The smallest absolute Gasteiger partial charge is 0.490 e. The number of halogens is 7. The summed E-state index contributed by atoms with van der Waals surface area (Å²) in [5.41, 5.74) is 3.52. The summed E-state index contributed by atoms with van der Waals surface area (Å²) in [6, 6.07) is 10.4. The molecule has 2 heterocycles. The fourth-order valence-electron chi connectivity index (χ4n) is 3.44. The number of aromatic amines is 1. The molecule has 2 aromatic carbocycles. The van der Waals surface area contributed by atoms with E-state index in [1.54, 1.807) is 24.0 Å². The van der Waals surface area contributed by atoms with Crippen molar-refractivity contribution in [2.45, 2.75) is 23.7 Å². The third-order valence-corrected chi connectivity index (χ3v) is 6.69. The van der Waals surface area contributed by atoms with Crippen molar-refractivity contribution in [3.8, 4) is 16.9 Å². The number of benzene rings is 2. The lowest BCUT2D eigenvalue weighted by Crippen LogP contribution is -2.32. The Morgan fingerprint density at radius 3 is 2.18 bits per heavy atom. The molecule has 10 nitrogen and oxygen atoms in total. The number of anilines is 1. The molecule has 3 aromatic rings. The fourth-order valence-corrected chi connectivity index (χ4v) is 4.60. The quantitative estimate of drug-likeness (QED) is 0.194. The molecule has 0 saturated carbocycles. The van der Waals surface area contributed by atoms with Crippen LogP contribution < -0.4 is 10.1 Å². The topological polar surface area (TPSA) is 145 Å². The molecule has 4 rings (SSSR count). The van der Waals surface area contributed by atoms with Gasteiger partial charge in [-0.05, 0) is 62.0 Å². The number of alkyl halides is 6. The first-order chi connectivity index (χ1) is 20.9. The normalized spacial score (nSPS) is 14.1. The lowest BCUT2D eigenvalue weighted by atomic mass is 9.96. The van der Waals surface area contributed by atoms with Crippen molar-refractivity contribution < 1.29 is 60.1 Å². The summed E-state index contributed by atoms with van der Waals surface area (Å²) < 4.78 is 82.7. The zero-order valence-electron chi connectivity index (χ0n) is 23.5. The Bertz CT molecular complexity index is 1430. The second-order valence-corrected chi connectivity index (χ2v) is 10.5. The van der Waals surface area contributed by atoms with Crippen molar-refractivity contribution in [3.63, 3.8) is 0 Å². The van der Waals surface area contributed by atoms with Crippen LogP contribution >= 0.6 is 11.8 Å². The molecule has 45 heavy (non-hydrogen) atoms. The number of thioether (sulfide) groups is 1. The molecular formula is C27H27F7N4O6S. The number of nitrogens with zero attached hydrogens (tertiary/aromatic N) is 2. The summed E-state index contributed by atoms with van der Waals surface area (Å²) in [5, 5.41) is 24.2. The average molecular weight is 669 g/mol. The number of carboxylic acids is 2. The Kier molecular flexibility index (Phi) is 13.2. The second-order valence-electron chi connectivity index (χ2n) is 9.41. The van der Waals surface area contributed by atoms with E-state index in [0.717, 1.165) is 39.6 Å². The first kappa shape index (κ1) is 36.9. The molecule has 1 atom stereocenters. The summed E-state index contributed by atoms with van der Waals surface area (Å²) in [6.07, 6.45) is -6.09. The van der Waals surface area contributed by atoms with Crippen LogP contribution in [0.3, 0.4) is 0 Å². The monoisotopic (exact) mass is 668 g/mol. The third-order valence-electron chi connectivity index (χ3n) is 5.65. The van der Waals surface area contributed by atoms with Gasteiger partial charge in [0.05, 0.1) is 17.8 Å². The predicted molar refractivity (Wildman–Crippen MR) is 148 cm³/mol. The van der Waals surface area contributed by atoms with Gasteiger partial charge in [-0.15, -0.1) is 11.8 Å². The van der Waals surface area contributed by atoms with Gasteiger partial charge in [0.2, 0.25) is 5.91 Å². The number of carbonyl (C=O) groups excluding carboxylic acids is 1. The SMILES string of the molecule is CN(C)CCSc1cc(-c2cn[nH]c2)ccc1NC(=O)C1COc2ccc(F)cc2C1.O=C(O)C(F)(F)F.O=C(O)C(F)(F)F. The van der Waals surface area contributed by atoms with Crippen molar-refractivity contribution in [1.82, 2.24) is 15.1 Å². The van der Waals surface area contributed by atoms with E-state index in [1.165, 1.54) is 12.1 Å². The molecule has 1 unspecified atom stereocenters. The predicted octanol–water partition coefficient (Wildman–Crippen LogP) is 5.33. The number of aromatic nitrogens is 2. The number of fused-ring (bicyclic) bond motifs is 1. The molecule has 0 aliphatic carbocycles. The minimum atomic E-state index is -5.08. The molecule has 18 heteroatoms. The van der Waals surface area contributed by atoms with Gasteiger partial charge in [0.15, 0.2) is 0 Å². The number of nitrogens with one attached hydrogen (secondary N) is 2. The van der Waals surface area contributed by atoms with Crippen molar-refractivity contribution in [2.24, 2.45) is 5.92 Å². The Morgan fingerprint density at radius 2 is 1.64 bits per heavy atom. The highest BCUT2D eigenvalue weighted by Gasteiger charge is 2.39. The van der Waals surface area contributed by atoms with Crippen molar-refractivity contribution in [3.05, 3.63) is 60.2 Å². The summed E-state index contributed by atoms with van der Waals surface area (Å²) in [7, 11) is 4.07. The highest BCUT2D eigenvalue weighted by Crippen LogP contribution is 2.34. The van der Waals surface area contributed by atoms with Crippen molar-refractivity contribution in [2.75, 3.05) is 38.3 Å². The van der Waals surface area contributed by atoms with Crippen LogP contribution in [-0.4, -0.2) is 88.5 Å². The average Bonchev–Trinajstić information content (AvgIpc) is 3.48. The van der Waals surface area contributed by atoms with Gasteiger partial charge in [0.25, 0.3) is 0 Å². The molecule has 0 radical (unpaired) electrons. The second kappa shape index (κ2) is 16.1. The molecule has 1 aliphatic heterocycles. The van der Waals surface area contributed by atoms with E-state index >= 15 is 0 Å². The highest BCUT2D eigenvalue weighted by atomic mass is 32.2. The third kappa shape index (κ3) is 12.3. The Morgan fingerprint density at radius 1 is 1.02 bits per heavy atom. The largest absolute Gasteiger partial charge is 0.492 e. The fraction of sp³-hybridized carbons (Fsp3) is 0.333. The zero-order valence-corrected chi connectivity index (χ0v) is 24.3. The zero-order chi connectivity index (χ0) is 33.9. The van der Waals surface area contributed by atoms with E-state index in [-0.39, 0.29) is 24.2 Å². The molecule has 0 fully saturated rings. The van der Waals surface area contributed by atoms with Crippen LogP contribution in [0.5, 0.6) is 5.75 Å². The molecule has 246 valence electrons. The van der Waals surface area contributed by atoms with Crippen LogP contribution in [0, 0.1) is 11.7 Å². The van der Waals surface area contributed by atoms with E-state index in [2.05, 4.69) is 26.5 Å². The number of aliphatic carboxylic acids is 2. The molecule has 0 spiro atoms. The Hall–Kier alpha value is -4.32. The Labute approximate surface area is 255 Å². The van der Waals surface area contributed by atoms with E-state index < -0.39 is 24.3 Å². The Balaban J connectivity index is 0.000000421. The number of carbonyl (C=O) groups is 3. The van der Waals surface area contributed by atoms with E-state index in [1.807, 2.05) is 32.4 Å². The van der Waals surface area contributed by atoms with Crippen LogP contribution in [0.1, 0.15) is 5.56 Å². The van der Waals surface area contributed by atoms with Crippen LogP contribution in [0.15, 0.2) is 53.7 Å². The molecule has 4 N–H and O–H groups in total. The van der Waals surface area contributed by atoms with E-state index in [9.17, 15) is 35.5 Å². The van der Waals surface area contributed by atoms with Gasteiger partial charge in [-0.25, -0.2) is 14.0 Å². The van der Waals surface area contributed by atoms with Gasteiger partial charge in [-0.2, -0.15) is 31.4 Å². The summed E-state index contributed by atoms with van der Waals surface area (Å²) in [6.45, 7) is 1.20. The number of H-pyrrole nitrogens is 1. The van der Waals surface area contributed by atoms with Gasteiger partial charge in [-0.1, -0.05) is 6.07 Å². The minimum Gasteiger partial charge on any atom is -0.492 e. The van der Waals surface area contributed by atoms with Gasteiger partial charge < -0.3 is 25.2 Å². The molecule has 0 bridgehead atoms. The van der Waals surface area contributed by atoms with Gasteiger partial charge in [0.1, 0.15) is 18.2 Å². The molecule has 1 aromatic heterocycles. The maximum atomic E-state index is 13.6.